The fourth-order valence-corrected chi connectivity index (χ4v) is 2.17. The molecule has 1 rings (SSSR count). The molecule has 0 saturated carbocycles. The topological polar surface area (TPSA) is 41.6 Å². The van der Waals surface area contributed by atoms with Crippen molar-refractivity contribution in [2.75, 3.05) is 12.4 Å². The Morgan fingerprint density at radius 1 is 1.27 bits per heavy atom. The molecule has 0 spiro atoms. The van der Waals surface area contributed by atoms with Gasteiger partial charge in [-0.05, 0) is 51.3 Å². The monoisotopic (exact) mass is 306 g/mol. The summed E-state index contributed by atoms with van der Waals surface area (Å²) in [6, 6.07) is 8.69. The minimum absolute atomic E-state index is 0.300. The second kappa shape index (κ2) is 8.06. The maximum Gasteiger partial charge on any atom is 0.410 e. The Hall–Kier alpha value is -1.71. The summed E-state index contributed by atoms with van der Waals surface area (Å²) in [6.45, 7) is 10.5. The average molecular weight is 306 g/mol. The normalized spacial score (nSPS) is 11.4. The summed E-state index contributed by atoms with van der Waals surface area (Å²) in [5, 5.41) is 3.52. The molecule has 22 heavy (non-hydrogen) atoms. The Morgan fingerprint density at radius 2 is 1.91 bits per heavy atom. The van der Waals surface area contributed by atoms with Crippen LogP contribution in [0.25, 0.3) is 0 Å². The van der Waals surface area contributed by atoms with Crippen LogP contribution in [0.1, 0.15) is 53.0 Å². The van der Waals surface area contributed by atoms with Crippen LogP contribution >= 0.6 is 0 Å². The molecule has 4 heteroatoms. The van der Waals surface area contributed by atoms with Crippen LogP contribution in [0.5, 0.6) is 0 Å². The number of nitrogens with zero attached hydrogens (tertiary/aromatic N) is 1. The Morgan fingerprint density at radius 3 is 2.45 bits per heavy atom. The quantitative estimate of drug-likeness (QED) is 0.831. The van der Waals surface area contributed by atoms with Crippen molar-refractivity contribution >= 4 is 11.8 Å². The lowest BCUT2D eigenvalue weighted by atomic mass is 10.1. The lowest BCUT2D eigenvalue weighted by Gasteiger charge is -2.25. The van der Waals surface area contributed by atoms with Gasteiger partial charge in [-0.2, -0.15) is 0 Å². The van der Waals surface area contributed by atoms with E-state index in [0.717, 1.165) is 24.1 Å². The zero-order chi connectivity index (χ0) is 16.8. The van der Waals surface area contributed by atoms with E-state index >= 15 is 0 Å². The molecule has 0 fully saturated rings. The van der Waals surface area contributed by atoms with E-state index in [-0.39, 0.29) is 6.09 Å². The van der Waals surface area contributed by atoms with Gasteiger partial charge in [0.15, 0.2) is 0 Å². The summed E-state index contributed by atoms with van der Waals surface area (Å²) in [5.41, 5.74) is 1.72. The van der Waals surface area contributed by atoms with Crippen LogP contribution in [0.15, 0.2) is 24.3 Å². The summed E-state index contributed by atoms with van der Waals surface area (Å²) < 4.78 is 5.37. The van der Waals surface area contributed by atoms with Crippen molar-refractivity contribution in [2.45, 2.75) is 65.6 Å². The van der Waals surface area contributed by atoms with Crippen molar-refractivity contribution in [3.05, 3.63) is 29.8 Å². The fourth-order valence-electron chi connectivity index (χ4n) is 2.17. The number of carbonyl (C=O) groups excluding carboxylic acids is 1. The molecule has 0 aromatic heterocycles. The van der Waals surface area contributed by atoms with E-state index in [0.29, 0.717) is 12.6 Å². The van der Waals surface area contributed by atoms with Crippen molar-refractivity contribution in [3.8, 4) is 0 Å². The summed E-state index contributed by atoms with van der Waals surface area (Å²) in [4.78, 5) is 13.6. The number of rotatable bonds is 6. The summed E-state index contributed by atoms with van der Waals surface area (Å²) in [5.74, 6) is 0. The van der Waals surface area contributed by atoms with E-state index in [1.807, 2.05) is 32.9 Å². The number of hydrogen-bond acceptors (Lipinski definition) is 3. The van der Waals surface area contributed by atoms with Crippen LogP contribution in [0.3, 0.4) is 0 Å². The highest BCUT2D eigenvalue weighted by Gasteiger charge is 2.19. The molecule has 1 amide bonds. The molecule has 0 saturated heterocycles. The fraction of sp³-hybridized carbons (Fsp3) is 0.611. The number of amides is 1. The third-order valence-electron chi connectivity index (χ3n) is 3.41. The van der Waals surface area contributed by atoms with Crippen molar-refractivity contribution in [1.82, 2.24) is 4.90 Å². The SMILES string of the molecule is CCC(CC)Nc1cccc(CN(C)C(=O)OC(C)(C)C)c1. The largest absolute Gasteiger partial charge is 0.444 e. The Balaban J connectivity index is 2.68. The molecule has 0 aliphatic rings. The van der Waals surface area contributed by atoms with E-state index in [4.69, 9.17) is 4.74 Å². The summed E-state index contributed by atoms with van der Waals surface area (Å²) >= 11 is 0. The molecule has 0 unspecified atom stereocenters. The first-order valence-electron chi connectivity index (χ1n) is 8.04. The third-order valence-corrected chi connectivity index (χ3v) is 3.41. The maximum absolute atomic E-state index is 12.0. The highest BCUT2D eigenvalue weighted by molar-refractivity contribution is 5.67. The highest BCUT2D eigenvalue weighted by atomic mass is 16.6. The number of benzene rings is 1. The Bertz CT molecular complexity index is 476. The van der Waals surface area contributed by atoms with E-state index < -0.39 is 5.60 Å². The number of ether oxygens (including phenoxy) is 1. The molecule has 0 radical (unpaired) electrons. The van der Waals surface area contributed by atoms with Gasteiger partial charge in [-0.15, -0.1) is 0 Å². The first kappa shape index (κ1) is 18.3. The van der Waals surface area contributed by atoms with Gasteiger partial charge in [0.2, 0.25) is 0 Å². The minimum atomic E-state index is -0.468. The molecule has 0 aliphatic carbocycles. The molecular formula is C18H30N2O2. The second-order valence-electron chi connectivity index (χ2n) is 6.69. The smallest absolute Gasteiger partial charge is 0.410 e. The Labute approximate surface area is 134 Å². The van der Waals surface area contributed by atoms with Gasteiger partial charge in [-0.3, -0.25) is 0 Å². The van der Waals surface area contributed by atoms with Crippen molar-refractivity contribution in [1.29, 1.82) is 0 Å². The number of carbonyl (C=O) groups is 1. The molecular weight excluding hydrogens is 276 g/mol. The van der Waals surface area contributed by atoms with Gasteiger partial charge < -0.3 is 15.0 Å². The van der Waals surface area contributed by atoms with Gasteiger partial charge in [-0.1, -0.05) is 26.0 Å². The lowest BCUT2D eigenvalue weighted by Crippen LogP contribution is -2.33. The van der Waals surface area contributed by atoms with Crippen molar-refractivity contribution in [3.63, 3.8) is 0 Å². The van der Waals surface area contributed by atoms with Gasteiger partial charge in [0, 0.05) is 25.3 Å². The molecule has 0 bridgehead atoms. The van der Waals surface area contributed by atoms with E-state index in [1.165, 1.54) is 0 Å². The molecule has 1 aromatic rings. The van der Waals surface area contributed by atoms with Gasteiger partial charge in [0.1, 0.15) is 5.60 Å². The number of nitrogens with one attached hydrogen (secondary N) is 1. The zero-order valence-electron chi connectivity index (χ0n) is 14.8. The highest BCUT2D eigenvalue weighted by Crippen LogP contribution is 2.16. The van der Waals surface area contributed by atoms with E-state index in [1.54, 1.807) is 11.9 Å². The second-order valence-corrected chi connectivity index (χ2v) is 6.69. The molecule has 1 aromatic carbocycles. The van der Waals surface area contributed by atoms with Gasteiger partial charge >= 0.3 is 6.09 Å². The van der Waals surface area contributed by atoms with Crippen LogP contribution in [-0.2, 0) is 11.3 Å². The first-order valence-corrected chi connectivity index (χ1v) is 8.04. The van der Waals surface area contributed by atoms with Gasteiger partial charge in [0.25, 0.3) is 0 Å². The van der Waals surface area contributed by atoms with Crippen LogP contribution in [0.2, 0.25) is 0 Å². The minimum Gasteiger partial charge on any atom is -0.444 e. The maximum atomic E-state index is 12.0. The molecule has 1 N–H and O–H groups in total. The Kier molecular flexibility index (Phi) is 6.72. The van der Waals surface area contributed by atoms with Crippen LogP contribution in [-0.4, -0.2) is 29.7 Å². The van der Waals surface area contributed by atoms with Crippen molar-refractivity contribution < 1.29 is 9.53 Å². The van der Waals surface area contributed by atoms with Crippen LogP contribution in [0.4, 0.5) is 10.5 Å². The van der Waals surface area contributed by atoms with E-state index in [9.17, 15) is 4.79 Å². The molecule has 4 nitrogen and oxygen atoms in total. The first-order chi connectivity index (χ1) is 10.2. The summed E-state index contributed by atoms with van der Waals surface area (Å²) in [6.07, 6.45) is 1.89. The molecule has 0 aliphatic heterocycles. The predicted octanol–water partition coefficient (Wildman–Crippen LogP) is 4.65. The van der Waals surface area contributed by atoms with Gasteiger partial charge in [0.05, 0.1) is 0 Å². The third kappa shape index (κ3) is 6.37. The number of hydrogen-bond donors (Lipinski definition) is 1. The van der Waals surface area contributed by atoms with Crippen molar-refractivity contribution in [2.24, 2.45) is 0 Å². The number of anilines is 1. The standard InChI is InChI=1S/C18H30N2O2/c1-7-15(8-2)19-16-11-9-10-14(12-16)13-20(6)17(21)22-18(3,4)5/h9-12,15,19H,7-8,13H2,1-6H3. The average Bonchev–Trinajstić information content (AvgIpc) is 2.43. The van der Waals surface area contributed by atoms with Gasteiger partial charge in [-0.25, -0.2) is 4.79 Å². The lowest BCUT2D eigenvalue weighted by molar-refractivity contribution is 0.0285. The van der Waals surface area contributed by atoms with E-state index in [2.05, 4.69) is 31.3 Å². The summed E-state index contributed by atoms with van der Waals surface area (Å²) in [7, 11) is 1.76. The molecule has 0 heterocycles. The van der Waals surface area contributed by atoms with Crippen LogP contribution in [0, 0.1) is 0 Å². The zero-order valence-corrected chi connectivity index (χ0v) is 14.8. The molecule has 124 valence electrons. The van der Waals surface area contributed by atoms with Crippen LogP contribution < -0.4 is 5.32 Å². The predicted molar refractivity (Wildman–Crippen MR) is 92.1 cm³/mol. The molecule has 0 atom stereocenters.